The van der Waals surface area contributed by atoms with Gasteiger partial charge in [-0.1, -0.05) is 33.3 Å². The lowest BCUT2D eigenvalue weighted by atomic mass is 9.40. The Morgan fingerprint density at radius 3 is 2.40 bits per heavy atom. The van der Waals surface area contributed by atoms with E-state index in [1.165, 1.54) is 13.0 Å². The van der Waals surface area contributed by atoms with Crippen molar-refractivity contribution in [3.63, 3.8) is 0 Å². The first-order chi connectivity index (χ1) is 16.2. The van der Waals surface area contributed by atoms with Crippen molar-refractivity contribution in [2.24, 2.45) is 16.7 Å². The second-order valence-electron chi connectivity index (χ2n) is 12.6. The number of hydrogen-bond donors (Lipinski definition) is 3. The molecule has 4 fully saturated rings. The van der Waals surface area contributed by atoms with Gasteiger partial charge in [-0.15, -0.1) is 6.58 Å². The summed E-state index contributed by atoms with van der Waals surface area (Å²) >= 11 is 0. The number of aliphatic hydroxyl groups excluding tert-OH is 2. The molecule has 0 aromatic carbocycles. The van der Waals surface area contributed by atoms with Gasteiger partial charge in [-0.2, -0.15) is 0 Å². The number of hydrogen-bond acceptors (Lipinski definition) is 8. The molecule has 0 aromatic heterocycles. The molecule has 0 aromatic rings. The van der Waals surface area contributed by atoms with Gasteiger partial charge in [-0.25, -0.2) is 0 Å². The predicted octanol–water partition coefficient (Wildman–Crippen LogP) is 1.99. The summed E-state index contributed by atoms with van der Waals surface area (Å²) in [6, 6.07) is 0. The zero-order valence-corrected chi connectivity index (χ0v) is 21.9. The molecule has 8 nitrogen and oxygen atoms in total. The van der Waals surface area contributed by atoms with Gasteiger partial charge in [0.05, 0.1) is 24.4 Å². The third-order valence-electron chi connectivity index (χ3n) is 9.79. The quantitative estimate of drug-likeness (QED) is 0.402. The summed E-state index contributed by atoms with van der Waals surface area (Å²) in [5.41, 5.74) is -7.09. The number of carbonyl (C=O) groups is 2. The number of rotatable bonds is 4. The molecule has 4 aliphatic rings. The minimum absolute atomic E-state index is 0.0678. The van der Waals surface area contributed by atoms with Crippen LogP contribution in [-0.4, -0.2) is 86.7 Å². The van der Waals surface area contributed by atoms with Gasteiger partial charge in [0.25, 0.3) is 0 Å². The summed E-state index contributed by atoms with van der Waals surface area (Å²) in [7, 11) is 0. The number of aliphatic hydroxyl groups is 3. The van der Waals surface area contributed by atoms with Gasteiger partial charge in [-0.3, -0.25) is 14.5 Å². The van der Waals surface area contributed by atoms with Crippen LogP contribution in [0.15, 0.2) is 12.7 Å². The standard InChI is InChI=1S/C27H43NO7/c1-7-24(4)15-18(30)27(33)25(5)17(29)11-12-23(2,3)21(25)20(32)22(26(27,6)35-24)34-19(31)16-28-13-9-8-10-14-28/h7,17,20-22,29,32-33H,1,8-16H2,2-6H3/t17-,20?,21?,22?,24-,25?,26+,27-/m0/s1. The first kappa shape index (κ1) is 26.7. The van der Waals surface area contributed by atoms with E-state index in [4.69, 9.17) is 9.47 Å². The van der Waals surface area contributed by atoms with Gasteiger partial charge in [0, 0.05) is 17.8 Å². The van der Waals surface area contributed by atoms with Crippen molar-refractivity contribution < 1.29 is 34.4 Å². The Hall–Kier alpha value is -1.32. The minimum Gasteiger partial charge on any atom is -0.455 e. The Kier molecular flexibility index (Phi) is 6.59. The third kappa shape index (κ3) is 3.74. The number of Topliss-reactive ketones (excluding diaryl/α,β-unsaturated/α-hetero) is 1. The number of carbonyl (C=O) groups excluding carboxylic acids is 2. The second kappa shape index (κ2) is 8.62. The average Bonchev–Trinajstić information content (AvgIpc) is 2.78. The highest BCUT2D eigenvalue weighted by molar-refractivity contribution is 5.92. The highest BCUT2D eigenvalue weighted by atomic mass is 16.6. The van der Waals surface area contributed by atoms with Gasteiger partial charge < -0.3 is 24.8 Å². The van der Waals surface area contributed by atoms with Crippen molar-refractivity contribution in [1.82, 2.24) is 4.90 Å². The summed E-state index contributed by atoms with van der Waals surface area (Å²) in [4.78, 5) is 29.1. The number of piperidine rings is 1. The van der Waals surface area contributed by atoms with Crippen molar-refractivity contribution in [2.45, 2.75) is 108 Å². The molecule has 8 heteroatoms. The molecule has 0 amide bonds. The van der Waals surface area contributed by atoms with Gasteiger partial charge in [0.2, 0.25) is 0 Å². The molecule has 0 bridgehead atoms. The van der Waals surface area contributed by atoms with Crippen molar-refractivity contribution in [1.29, 1.82) is 0 Å². The highest BCUT2D eigenvalue weighted by Gasteiger charge is 2.81. The predicted molar refractivity (Wildman–Crippen MR) is 129 cm³/mol. The van der Waals surface area contributed by atoms with E-state index in [1.807, 2.05) is 18.7 Å². The highest BCUT2D eigenvalue weighted by Crippen LogP contribution is 2.67. The zero-order valence-electron chi connectivity index (χ0n) is 21.9. The molecule has 198 valence electrons. The summed E-state index contributed by atoms with van der Waals surface area (Å²) in [5.74, 6) is -1.74. The first-order valence-electron chi connectivity index (χ1n) is 13.0. The second-order valence-corrected chi connectivity index (χ2v) is 12.6. The average molecular weight is 494 g/mol. The van der Waals surface area contributed by atoms with Crippen LogP contribution in [0.25, 0.3) is 0 Å². The molecule has 0 radical (unpaired) electrons. The van der Waals surface area contributed by atoms with Crippen LogP contribution in [0.4, 0.5) is 0 Å². The molecule has 4 unspecified atom stereocenters. The fourth-order valence-corrected chi connectivity index (χ4v) is 7.96. The first-order valence-corrected chi connectivity index (χ1v) is 13.0. The number of esters is 1. The normalized spacial score (nSPS) is 47.9. The molecule has 2 aliphatic heterocycles. The van der Waals surface area contributed by atoms with Crippen molar-refractivity contribution in [3.8, 4) is 0 Å². The lowest BCUT2D eigenvalue weighted by Gasteiger charge is -2.71. The molecule has 8 atom stereocenters. The maximum atomic E-state index is 13.9. The fourth-order valence-electron chi connectivity index (χ4n) is 7.96. The summed E-state index contributed by atoms with van der Waals surface area (Å²) in [5, 5.41) is 35.6. The van der Waals surface area contributed by atoms with Crippen molar-refractivity contribution >= 4 is 11.8 Å². The van der Waals surface area contributed by atoms with E-state index >= 15 is 0 Å². The lowest BCUT2D eigenvalue weighted by molar-refractivity contribution is -0.370. The molecule has 3 N–H and O–H groups in total. The van der Waals surface area contributed by atoms with Crippen LogP contribution in [0, 0.1) is 16.7 Å². The smallest absolute Gasteiger partial charge is 0.320 e. The largest absolute Gasteiger partial charge is 0.455 e. The van der Waals surface area contributed by atoms with Crippen LogP contribution < -0.4 is 0 Å². The van der Waals surface area contributed by atoms with Crippen LogP contribution in [0.2, 0.25) is 0 Å². The number of ketones is 1. The number of ether oxygens (including phenoxy) is 2. The third-order valence-corrected chi connectivity index (χ3v) is 9.79. The van der Waals surface area contributed by atoms with E-state index < -0.39 is 63.6 Å². The van der Waals surface area contributed by atoms with E-state index in [9.17, 15) is 24.9 Å². The van der Waals surface area contributed by atoms with E-state index in [2.05, 4.69) is 6.58 Å². The van der Waals surface area contributed by atoms with Gasteiger partial charge in [0.15, 0.2) is 17.5 Å². The Labute approximate surface area is 208 Å². The molecule has 4 rings (SSSR count). The number of fused-ring (bicyclic) bond motifs is 3. The van der Waals surface area contributed by atoms with Gasteiger partial charge >= 0.3 is 5.97 Å². The molecular formula is C27H43NO7. The fraction of sp³-hybridized carbons (Fsp3) is 0.852. The number of nitrogens with zero attached hydrogens (tertiary/aromatic N) is 1. The van der Waals surface area contributed by atoms with E-state index in [0.29, 0.717) is 12.8 Å². The molecule has 2 saturated heterocycles. The van der Waals surface area contributed by atoms with E-state index in [-0.39, 0.29) is 13.0 Å². The topological polar surface area (TPSA) is 117 Å². The minimum atomic E-state index is -2.19. The van der Waals surface area contributed by atoms with Crippen molar-refractivity contribution in [2.75, 3.05) is 19.6 Å². The molecule has 0 spiro atoms. The molecule has 2 aliphatic carbocycles. The SMILES string of the molecule is C=C[C@@]1(C)CC(=O)[C@]2(O)C3(C)C(C(O)C(OC(=O)CN4CCCCC4)[C@@]2(C)O1)C(C)(C)CC[C@@H]3O. The Bertz CT molecular complexity index is 885. The summed E-state index contributed by atoms with van der Waals surface area (Å²) in [6.07, 6.45) is 1.86. The van der Waals surface area contributed by atoms with Crippen LogP contribution in [0.3, 0.4) is 0 Å². The Morgan fingerprint density at radius 2 is 1.80 bits per heavy atom. The van der Waals surface area contributed by atoms with Gasteiger partial charge in [0.1, 0.15) is 5.60 Å². The van der Waals surface area contributed by atoms with E-state index in [0.717, 1.165) is 32.4 Å². The maximum absolute atomic E-state index is 13.9. The van der Waals surface area contributed by atoms with Crippen LogP contribution >= 0.6 is 0 Å². The van der Waals surface area contributed by atoms with Crippen LogP contribution in [0.1, 0.15) is 73.1 Å². The van der Waals surface area contributed by atoms with Crippen LogP contribution in [0.5, 0.6) is 0 Å². The lowest BCUT2D eigenvalue weighted by Crippen LogP contribution is -2.86. The molecule has 35 heavy (non-hydrogen) atoms. The monoisotopic (exact) mass is 493 g/mol. The maximum Gasteiger partial charge on any atom is 0.320 e. The molecule has 2 saturated carbocycles. The van der Waals surface area contributed by atoms with Gasteiger partial charge in [-0.05, 0) is 58.0 Å². The van der Waals surface area contributed by atoms with E-state index in [1.54, 1.807) is 13.8 Å². The Balaban J connectivity index is 1.81. The summed E-state index contributed by atoms with van der Waals surface area (Å²) in [6.45, 7) is 14.3. The zero-order chi connectivity index (χ0) is 26.0. The molecule has 2 heterocycles. The summed E-state index contributed by atoms with van der Waals surface area (Å²) < 4.78 is 12.4. The molecular weight excluding hydrogens is 450 g/mol. The van der Waals surface area contributed by atoms with Crippen molar-refractivity contribution in [3.05, 3.63) is 12.7 Å². The Morgan fingerprint density at radius 1 is 1.17 bits per heavy atom. The number of likely N-dealkylation sites (tertiary alicyclic amines) is 1. The van der Waals surface area contributed by atoms with Crippen LogP contribution in [-0.2, 0) is 19.1 Å².